The van der Waals surface area contributed by atoms with E-state index in [1.807, 2.05) is 0 Å². The van der Waals surface area contributed by atoms with Gasteiger partial charge in [0.25, 0.3) is 0 Å². The van der Waals surface area contributed by atoms with E-state index in [0.717, 1.165) is 12.8 Å². The van der Waals surface area contributed by atoms with Gasteiger partial charge in [-0.3, -0.25) is 9.59 Å². The minimum atomic E-state index is -0.232. The van der Waals surface area contributed by atoms with Gasteiger partial charge in [0.2, 0.25) is 0 Å². The average Bonchev–Trinajstić information content (AvgIpc) is 2.35. The summed E-state index contributed by atoms with van der Waals surface area (Å²) < 4.78 is 4.63. The zero-order valence-electron chi connectivity index (χ0n) is 10.0. The average molecular weight is 244 g/mol. The molecule has 3 nitrogen and oxygen atoms in total. The number of carbonyl (C=O) groups is 2. The van der Waals surface area contributed by atoms with E-state index in [1.165, 1.54) is 38.1 Å². The lowest BCUT2D eigenvalue weighted by Crippen LogP contribution is -2.19. The molecular formula is C12H20O3S. The first-order chi connectivity index (χ1) is 7.65. The summed E-state index contributed by atoms with van der Waals surface area (Å²) in [5.74, 6) is 0.345. The summed E-state index contributed by atoms with van der Waals surface area (Å²) >= 11 is 1.30. The molecule has 1 atom stereocenters. The lowest BCUT2D eigenvalue weighted by molar-refractivity contribution is -0.143. The number of hydrogen-bond acceptors (Lipinski definition) is 4. The maximum atomic E-state index is 11.8. The monoisotopic (exact) mass is 244 g/mol. The number of thioether (sulfide) groups is 1. The highest BCUT2D eigenvalue weighted by Gasteiger charge is 2.23. The highest BCUT2D eigenvalue weighted by Crippen LogP contribution is 2.28. The molecule has 0 N–H and O–H groups in total. The van der Waals surface area contributed by atoms with Crippen LogP contribution in [-0.2, 0) is 14.3 Å². The summed E-state index contributed by atoms with van der Waals surface area (Å²) in [7, 11) is 1.38. The molecule has 1 aliphatic carbocycles. The standard InChI is InChI=1S/C12H20O3S/c1-9(11(13)15-2)8-16-12(14)10-6-4-3-5-7-10/h9-10H,3-8H2,1-2H3. The van der Waals surface area contributed by atoms with Crippen molar-refractivity contribution < 1.29 is 14.3 Å². The normalized spacial score (nSPS) is 19.1. The molecule has 0 bridgehead atoms. The lowest BCUT2D eigenvalue weighted by atomic mass is 9.90. The topological polar surface area (TPSA) is 43.4 Å². The molecule has 1 saturated carbocycles. The first-order valence-electron chi connectivity index (χ1n) is 5.89. The SMILES string of the molecule is COC(=O)C(C)CSC(=O)C1CCCCC1. The molecule has 0 aromatic heterocycles. The van der Waals surface area contributed by atoms with Gasteiger partial charge in [0, 0.05) is 11.7 Å². The zero-order valence-corrected chi connectivity index (χ0v) is 10.8. The van der Waals surface area contributed by atoms with E-state index >= 15 is 0 Å². The van der Waals surface area contributed by atoms with Gasteiger partial charge < -0.3 is 4.74 Å². The molecule has 0 aliphatic heterocycles. The second-order valence-corrected chi connectivity index (χ2v) is 5.41. The van der Waals surface area contributed by atoms with Crippen molar-refractivity contribution >= 4 is 22.8 Å². The van der Waals surface area contributed by atoms with Gasteiger partial charge in [0.15, 0.2) is 5.12 Å². The van der Waals surface area contributed by atoms with Crippen LogP contribution in [0.15, 0.2) is 0 Å². The van der Waals surface area contributed by atoms with Gasteiger partial charge >= 0.3 is 5.97 Å². The third kappa shape index (κ3) is 4.16. The maximum absolute atomic E-state index is 11.8. The van der Waals surface area contributed by atoms with Crippen molar-refractivity contribution in [2.45, 2.75) is 39.0 Å². The van der Waals surface area contributed by atoms with Crippen molar-refractivity contribution in [3.63, 3.8) is 0 Å². The van der Waals surface area contributed by atoms with Gasteiger partial charge in [0.05, 0.1) is 13.0 Å². The maximum Gasteiger partial charge on any atom is 0.309 e. The van der Waals surface area contributed by atoms with Crippen molar-refractivity contribution in [1.29, 1.82) is 0 Å². The Morgan fingerprint density at radius 3 is 2.50 bits per heavy atom. The molecule has 1 rings (SSSR count). The van der Waals surface area contributed by atoms with Crippen LogP contribution in [0.2, 0.25) is 0 Å². The number of carbonyl (C=O) groups excluding carboxylic acids is 2. The molecule has 0 radical (unpaired) electrons. The van der Waals surface area contributed by atoms with E-state index in [4.69, 9.17) is 0 Å². The third-order valence-corrected chi connectivity index (χ3v) is 4.30. The Labute approximate surface area is 101 Å². The Hall–Kier alpha value is -0.510. The van der Waals surface area contributed by atoms with Gasteiger partial charge in [-0.05, 0) is 12.8 Å². The van der Waals surface area contributed by atoms with Crippen molar-refractivity contribution in [3.05, 3.63) is 0 Å². The third-order valence-electron chi connectivity index (χ3n) is 3.02. The molecule has 1 fully saturated rings. The van der Waals surface area contributed by atoms with Crippen LogP contribution in [0.1, 0.15) is 39.0 Å². The van der Waals surface area contributed by atoms with Crippen molar-refractivity contribution in [2.24, 2.45) is 11.8 Å². The molecule has 0 aromatic rings. The van der Waals surface area contributed by atoms with E-state index in [9.17, 15) is 9.59 Å². The molecule has 0 amide bonds. The van der Waals surface area contributed by atoms with Gasteiger partial charge in [-0.25, -0.2) is 0 Å². The summed E-state index contributed by atoms with van der Waals surface area (Å²) in [6.07, 6.45) is 5.65. The minimum absolute atomic E-state index is 0.192. The lowest BCUT2D eigenvalue weighted by Gasteiger charge is -2.20. The van der Waals surface area contributed by atoms with Crippen LogP contribution < -0.4 is 0 Å². The molecule has 0 spiro atoms. The molecule has 1 unspecified atom stereocenters. The van der Waals surface area contributed by atoms with Crippen LogP contribution in [-0.4, -0.2) is 23.9 Å². The van der Waals surface area contributed by atoms with Crippen LogP contribution in [0, 0.1) is 11.8 Å². The van der Waals surface area contributed by atoms with E-state index in [2.05, 4.69) is 4.74 Å². The van der Waals surface area contributed by atoms with Crippen LogP contribution in [0.5, 0.6) is 0 Å². The summed E-state index contributed by atoms with van der Waals surface area (Å²) in [5.41, 5.74) is 0. The highest BCUT2D eigenvalue weighted by molar-refractivity contribution is 8.13. The Morgan fingerprint density at radius 1 is 1.31 bits per heavy atom. The van der Waals surface area contributed by atoms with E-state index < -0.39 is 0 Å². The quantitative estimate of drug-likeness (QED) is 0.713. The second kappa shape index (κ2) is 6.94. The zero-order chi connectivity index (χ0) is 12.0. The van der Waals surface area contributed by atoms with Gasteiger partial charge in [0.1, 0.15) is 0 Å². The molecule has 16 heavy (non-hydrogen) atoms. The number of esters is 1. The number of hydrogen-bond donors (Lipinski definition) is 0. The first-order valence-corrected chi connectivity index (χ1v) is 6.88. The number of rotatable bonds is 4. The highest BCUT2D eigenvalue weighted by atomic mass is 32.2. The Balaban J connectivity index is 2.26. The van der Waals surface area contributed by atoms with Crippen LogP contribution in [0.4, 0.5) is 0 Å². The summed E-state index contributed by atoms with van der Waals surface area (Å²) in [4.78, 5) is 23.0. The van der Waals surface area contributed by atoms with Crippen LogP contribution >= 0.6 is 11.8 Å². The fourth-order valence-electron chi connectivity index (χ4n) is 1.93. The molecule has 4 heteroatoms. The largest absolute Gasteiger partial charge is 0.469 e. The van der Waals surface area contributed by atoms with E-state index in [-0.39, 0.29) is 22.9 Å². The van der Waals surface area contributed by atoms with E-state index in [1.54, 1.807) is 6.92 Å². The summed E-state index contributed by atoms with van der Waals surface area (Å²) in [6, 6.07) is 0. The van der Waals surface area contributed by atoms with Crippen molar-refractivity contribution in [2.75, 3.05) is 12.9 Å². The van der Waals surface area contributed by atoms with E-state index in [0.29, 0.717) is 5.75 Å². The number of methoxy groups -OCH3 is 1. The predicted octanol–water partition coefficient (Wildman–Crippen LogP) is 2.64. The van der Waals surface area contributed by atoms with Gasteiger partial charge in [-0.1, -0.05) is 37.9 Å². The molecule has 0 saturated heterocycles. The van der Waals surface area contributed by atoms with Gasteiger partial charge in [-0.15, -0.1) is 0 Å². The molecule has 1 aliphatic rings. The summed E-state index contributed by atoms with van der Waals surface area (Å²) in [6.45, 7) is 1.80. The molecule has 0 heterocycles. The second-order valence-electron chi connectivity index (χ2n) is 4.39. The van der Waals surface area contributed by atoms with Crippen molar-refractivity contribution in [1.82, 2.24) is 0 Å². The summed E-state index contributed by atoms with van der Waals surface area (Å²) in [5, 5.41) is 0.260. The van der Waals surface area contributed by atoms with Crippen LogP contribution in [0.3, 0.4) is 0 Å². The molecule has 0 aromatic carbocycles. The Morgan fingerprint density at radius 2 is 1.94 bits per heavy atom. The molecular weight excluding hydrogens is 224 g/mol. The predicted molar refractivity (Wildman–Crippen MR) is 65.2 cm³/mol. The van der Waals surface area contributed by atoms with Crippen LogP contribution in [0.25, 0.3) is 0 Å². The fourth-order valence-corrected chi connectivity index (χ4v) is 2.95. The van der Waals surface area contributed by atoms with Crippen molar-refractivity contribution in [3.8, 4) is 0 Å². The fraction of sp³-hybridized carbons (Fsp3) is 0.833. The number of ether oxygens (including phenoxy) is 1. The van der Waals surface area contributed by atoms with Gasteiger partial charge in [-0.2, -0.15) is 0 Å². The first kappa shape index (κ1) is 13.6. The Kier molecular flexibility index (Phi) is 5.88. The Bertz CT molecular complexity index is 247. The minimum Gasteiger partial charge on any atom is -0.469 e. The molecule has 92 valence electrons. The smallest absolute Gasteiger partial charge is 0.309 e.